The van der Waals surface area contributed by atoms with Gasteiger partial charge in [0.25, 0.3) is 0 Å². The molecule has 0 amide bonds. The van der Waals surface area contributed by atoms with Crippen LogP contribution in [0.1, 0.15) is 59.1 Å². The quantitative estimate of drug-likeness (QED) is 0.862. The van der Waals surface area contributed by atoms with E-state index in [9.17, 15) is 4.39 Å². The van der Waals surface area contributed by atoms with Crippen LogP contribution in [0.3, 0.4) is 0 Å². The Morgan fingerprint density at radius 1 is 1.24 bits per heavy atom. The highest BCUT2D eigenvalue weighted by molar-refractivity contribution is 6.31. The molecule has 2 N–H and O–H groups in total. The lowest BCUT2D eigenvalue weighted by atomic mass is 9.79. The molecule has 0 saturated carbocycles. The van der Waals surface area contributed by atoms with E-state index < -0.39 is 0 Å². The maximum Gasteiger partial charge on any atom is 0.124 e. The molecule has 1 unspecified atom stereocenters. The molecule has 0 spiro atoms. The van der Waals surface area contributed by atoms with E-state index in [2.05, 4.69) is 45.3 Å². The van der Waals surface area contributed by atoms with Crippen molar-refractivity contribution in [3.63, 3.8) is 0 Å². The van der Waals surface area contributed by atoms with Gasteiger partial charge in [0, 0.05) is 28.2 Å². The number of benzene rings is 1. The molecular weight excluding hydrogens is 287 g/mol. The van der Waals surface area contributed by atoms with Crippen LogP contribution in [0.2, 0.25) is 5.02 Å². The van der Waals surface area contributed by atoms with Crippen molar-refractivity contribution < 1.29 is 4.39 Å². The molecule has 1 aliphatic heterocycles. The summed E-state index contributed by atoms with van der Waals surface area (Å²) in [6, 6.07) is 5.13. The molecule has 21 heavy (non-hydrogen) atoms. The van der Waals surface area contributed by atoms with E-state index in [0.29, 0.717) is 11.1 Å². The lowest BCUT2D eigenvalue weighted by molar-refractivity contribution is 0.141. The summed E-state index contributed by atoms with van der Waals surface area (Å²) in [5, 5.41) is 7.83. The molecule has 118 valence electrons. The highest BCUT2D eigenvalue weighted by atomic mass is 35.5. The number of hydrogen-bond donors (Lipinski definition) is 2. The number of halogens is 2. The molecule has 1 heterocycles. The minimum atomic E-state index is -0.292. The van der Waals surface area contributed by atoms with Crippen LogP contribution in [0.4, 0.5) is 4.39 Å². The largest absolute Gasteiger partial charge is 0.307 e. The van der Waals surface area contributed by atoms with E-state index in [4.69, 9.17) is 11.6 Å². The minimum absolute atomic E-state index is 0.103. The van der Waals surface area contributed by atoms with Crippen LogP contribution in [0.15, 0.2) is 18.2 Å². The average molecular weight is 313 g/mol. The fourth-order valence-electron chi connectivity index (χ4n) is 3.74. The summed E-state index contributed by atoms with van der Waals surface area (Å²) in [5.41, 5.74) is 1.16. The number of piperidine rings is 1. The Bertz CT molecular complexity index is 498. The van der Waals surface area contributed by atoms with Gasteiger partial charge in [0.1, 0.15) is 5.82 Å². The van der Waals surface area contributed by atoms with Crippen molar-refractivity contribution in [3.8, 4) is 0 Å². The molecule has 1 aliphatic rings. The van der Waals surface area contributed by atoms with Crippen LogP contribution >= 0.6 is 11.6 Å². The van der Waals surface area contributed by atoms with Crippen LogP contribution in [0.25, 0.3) is 0 Å². The van der Waals surface area contributed by atoms with Crippen LogP contribution in [0, 0.1) is 5.82 Å². The lowest BCUT2D eigenvalue weighted by Gasteiger charge is -2.47. The topological polar surface area (TPSA) is 24.1 Å². The molecule has 1 atom stereocenters. The molecule has 0 radical (unpaired) electrons. The maximum atomic E-state index is 13.2. The first kappa shape index (κ1) is 16.7. The first-order valence-corrected chi connectivity index (χ1v) is 7.96. The Balaban J connectivity index is 2.10. The van der Waals surface area contributed by atoms with E-state index in [1.165, 1.54) is 12.1 Å². The van der Waals surface area contributed by atoms with Crippen molar-refractivity contribution >= 4 is 11.6 Å². The first-order chi connectivity index (χ1) is 9.58. The van der Waals surface area contributed by atoms with Crippen molar-refractivity contribution in [1.29, 1.82) is 0 Å². The molecule has 2 rings (SSSR count). The van der Waals surface area contributed by atoms with Crippen molar-refractivity contribution in [3.05, 3.63) is 34.6 Å². The second-order valence-corrected chi connectivity index (χ2v) is 7.96. The summed E-state index contributed by atoms with van der Waals surface area (Å²) in [6.45, 7) is 11.0. The van der Waals surface area contributed by atoms with Crippen molar-refractivity contribution in [2.75, 3.05) is 0 Å². The summed E-state index contributed by atoms with van der Waals surface area (Å²) in [4.78, 5) is 0. The molecule has 0 aliphatic carbocycles. The van der Waals surface area contributed by atoms with Gasteiger partial charge in [-0.2, -0.15) is 0 Å². The Labute approximate surface area is 132 Å². The summed E-state index contributed by atoms with van der Waals surface area (Å²) in [7, 11) is 0. The van der Waals surface area contributed by atoms with E-state index in [1.807, 2.05) is 0 Å². The van der Waals surface area contributed by atoms with E-state index in [-0.39, 0.29) is 22.9 Å². The third-order valence-corrected chi connectivity index (χ3v) is 4.43. The van der Waals surface area contributed by atoms with Crippen LogP contribution in [-0.2, 0) is 0 Å². The second-order valence-electron chi connectivity index (χ2n) is 7.55. The lowest BCUT2D eigenvalue weighted by Crippen LogP contribution is -2.61. The molecule has 0 aromatic heterocycles. The summed E-state index contributed by atoms with van der Waals surface area (Å²) in [5.74, 6) is -0.292. The fraction of sp³-hybridized carbons (Fsp3) is 0.647. The fourth-order valence-corrected chi connectivity index (χ4v) is 4.07. The Morgan fingerprint density at radius 3 is 2.33 bits per heavy atom. The predicted octanol–water partition coefficient (Wildman–Crippen LogP) is 4.44. The molecule has 1 saturated heterocycles. The van der Waals surface area contributed by atoms with Gasteiger partial charge >= 0.3 is 0 Å². The molecule has 1 aromatic carbocycles. The molecule has 1 aromatic rings. The summed E-state index contributed by atoms with van der Waals surface area (Å²) in [6.07, 6.45) is 2.11. The van der Waals surface area contributed by atoms with Gasteiger partial charge in [0.05, 0.1) is 0 Å². The molecule has 4 heteroatoms. The van der Waals surface area contributed by atoms with Gasteiger partial charge in [-0.05, 0) is 65.2 Å². The zero-order valence-electron chi connectivity index (χ0n) is 13.6. The van der Waals surface area contributed by atoms with Gasteiger partial charge in [0.15, 0.2) is 0 Å². The van der Waals surface area contributed by atoms with E-state index in [0.717, 1.165) is 18.4 Å². The number of hydrogen-bond acceptors (Lipinski definition) is 2. The normalized spacial score (nSPS) is 23.0. The van der Waals surface area contributed by atoms with Crippen LogP contribution in [0.5, 0.6) is 0 Å². The van der Waals surface area contributed by atoms with Crippen molar-refractivity contribution in [1.82, 2.24) is 10.6 Å². The second kappa shape index (κ2) is 5.86. The van der Waals surface area contributed by atoms with E-state index >= 15 is 0 Å². The van der Waals surface area contributed by atoms with Crippen molar-refractivity contribution in [2.45, 2.75) is 70.6 Å². The zero-order valence-corrected chi connectivity index (χ0v) is 14.3. The molecule has 0 bridgehead atoms. The van der Waals surface area contributed by atoms with Crippen molar-refractivity contribution in [2.24, 2.45) is 0 Å². The Hall–Kier alpha value is -0.640. The zero-order chi connectivity index (χ0) is 15.8. The third-order valence-electron chi connectivity index (χ3n) is 4.10. The predicted molar refractivity (Wildman–Crippen MR) is 87.3 cm³/mol. The molecular formula is C17H26ClFN2. The van der Waals surface area contributed by atoms with Gasteiger partial charge in [0.2, 0.25) is 0 Å². The Morgan fingerprint density at radius 2 is 1.81 bits per heavy atom. The van der Waals surface area contributed by atoms with Gasteiger partial charge < -0.3 is 10.6 Å². The molecule has 2 nitrogen and oxygen atoms in total. The van der Waals surface area contributed by atoms with Gasteiger partial charge in [-0.15, -0.1) is 0 Å². The van der Waals surface area contributed by atoms with Crippen LogP contribution < -0.4 is 10.6 Å². The van der Waals surface area contributed by atoms with Gasteiger partial charge in [-0.1, -0.05) is 17.7 Å². The summed E-state index contributed by atoms with van der Waals surface area (Å²) < 4.78 is 13.2. The average Bonchev–Trinajstić information content (AvgIpc) is 2.23. The highest BCUT2D eigenvalue weighted by Gasteiger charge is 2.38. The first-order valence-electron chi connectivity index (χ1n) is 7.58. The smallest absolute Gasteiger partial charge is 0.124 e. The van der Waals surface area contributed by atoms with E-state index in [1.54, 1.807) is 6.07 Å². The standard InChI is InChI=1S/C17H26ClFN2/c1-11(14-7-6-12(19)8-15(14)18)20-13-9-16(2,3)21-17(4,5)10-13/h6-8,11,13,20-21H,9-10H2,1-5H3. The summed E-state index contributed by atoms with van der Waals surface area (Å²) >= 11 is 6.16. The van der Waals surface area contributed by atoms with Gasteiger partial charge in [-0.3, -0.25) is 0 Å². The Kier molecular flexibility index (Phi) is 4.67. The van der Waals surface area contributed by atoms with Crippen LogP contribution in [-0.4, -0.2) is 17.1 Å². The SMILES string of the molecule is CC(NC1CC(C)(C)NC(C)(C)C1)c1ccc(F)cc1Cl. The maximum absolute atomic E-state index is 13.2. The minimum Gasteiger partial charge on any atom is -0.307 e. The number of nitrogens with one attached hydrogen (secondary N) is 2. The molecule has 1 fully saturated rings. The number of rotatable bonds is 3. The third kappa shape index (κ3) is 4.41. The highest BCUT2D eigenvalue weighted by Crippen LogP contribution is 2.31. The monoisotopic (exact) mass is 312 g/mol. The van der Waals surface area contributed by atoms with Gasteiger partial charge in [-0.25, -0.2) is 4.39 Å².